The first kappa shape index (κ1) is 24.6. The predicted octanol–water partition coefficient (Wildman–Crippen LogP) is 3.39. The zero-order valence-electron chi connectivity index (χ0n) is 17.0. The molecule has 31 heavy (non-hydrogen) atoms. The number of halogens is 3. The predicted molar refractivity (Wildman–Crippen MR) is 121 cm³/mol. The highest BCUT2D eigenvalue weighted by Crippen LogP contribution is 2.35. The summed E-state index contributed by atoms with van der Waals surface area (Å²) in [5, 5.41) is 6.14. The lowest BCUT2D eigenvalue weighted by Crippen LogP contribution is -2.39. The largest absolute Gasteiger partial charge is 0.497 e. The Bertz CT molecular complexity index is 886. The minimum atomic E-state index is -2.91. The van der Waals surface area contributed by atoms with Gasteiger partial charge in [0, 0.05) is 25.2 Å². The molecule has 2 aromatic carbocycles. The Labute approximate surface area is 195 Å². The highest BCUT2D eigenvalue weighted by atomic mass is 127. The van der Waals surface area contributed by atoms with Crippen molar-refractivity contribution in [3.8, 4) is 28.7 Å². The lowest BCUT2D eigenvalue weighted by Gasteiger charge is -2.15. The van der Waals surface area contributed by atoms with E-state index < -0.39 is 6.61 Å². The van der Waals surface area contributed by atoms with Crippen LogP contribution in [0.1, 0.15) is 5.56 Å². The number of nitrogens with zero attached hydrogens (tertiary/aromatic N) is 1. The van der Waals surface area contributed by atoms with Crippen molar-refractivity contribution in [1.82, 2.24) is 10.6 Å². The van der Waals surface area contributed by atoms with Gasteiger partial charge in [-0.25, -0.2) is 0 Å². The Morgan fingerprint density at radius 3 is 2.61 bits per heavy atom. The van der Waals surface area contributed by atoms with Gasteiger partial charge >= 0.3 is 6.61 Å². The highest BCUT2D eigenvalue weighted by molar-refractivity contribution is 14.0. The summed E-state index contributed by atoms with van der Waals surface area (Å²) in [7, 11) is 3.11. The molecule has 0 amide bonds. The van der Waals surface area contributed by atoms with Gasteiger partial charge in [-0.15, -0.1) is 24.0 Å². The third kappa shape index (κ3) is 7.19. The van der Waals surface area contributed by atoms with Crippen LogP contribution in [0.15, 0.2) is 41.4 Å². The van der Waals surface area contributed by atoms with Crippen LogP contribution < -0.4 is 34.3 Å². The quantitative estimate of drug-likeness (QED) is 0.214. The van der Waals surface area contributed by atoms with Gasteiger partial charge in [0.1, 0.15) is 23.9 Å². The van der Waals surface area contributed by atoms with Crippen LogP contribution in [0.5, 0.6) is 28.7 Å². The maximum atomic E-state index is 12.6. The summed E-state index contributed by atoms with van der Waals surface area (Å²) in [6, 6.07) is 9.98. The monoisotopic (exact) mass is 551 g/mol. The second-order valence-corrected chi connectivity index (χ2v) is 6.07. The first-order chi connectivity index (χ1) is 14.6. The molecule has 0 spiro atoms. The van der Waals surface area contributed by atoms with Gasteiger partial charge in [0.05, 0.1) is 13.7 Å². The van der Waals surface area contributed by atoms with Crippen molar-refractivity contribution in [2.24, 2.45) is 4.99 Å². The van der Waals surface area contributed by atoms with E-state index in [2.05, 4.69) is 20.4 Å². The van der Waals surface area contributed by atoms with Crippen LogP contribution in [0.3, 0.4) is 0 Å². The molecule has 2 aromatic rings. The Morgan fingerprint density at radius 1 is 1.10 bits per heavy atom. The van der Waals surface area contributed by atoms with Gasteiger partial charge in [0.25, 0.3) is 0 Å². The molecule has 0 radical (unpaired) electrons. The van der Waals surface area contributed by atoms with Crippen molar-refractivity contribution in [2.75, 3.05) is 34.1 Å². The molecule has 0 saturated carbocycles. The molecule has 0 fully saturated rings. The van der Waals surface area contributed by atoms with Gasteiger partial charge in [-0.3, -0.25) is 4.99 Å². The van der Waals surface area contributed by atoms with Gasteiger partial charge in [-0.2, -0.15) is 8.78 Å². The number of nitrogens with one attached hydrogen (secondary N) is 2. The van der Waals surface area contributed by atoms with Gasteiger partial charge in [0.15, 0.2) is 17.5 Å². The zero-order valence-corrected chi connectivity index (χ0v) is 19.4. The fourth-order valence-electron chi connectivity index (χ4n) is 2.74. The fraction of sp³-hybridized carbons (Fsp3) is 0.350. The third-order valence-corrected chi connectivity index (χ3v) is 4.16. The van der Waals surface area contributed by atoms with E-state index in [-0.39, 0.29) is 43.1 Å². The molecule has 2 N–H and O–H groups in total. The van der Waals surface area contributed by atoms with Crippen LogP contribution in [0.25, 0.3) is 0 Å². The number of rotatable bonds is 9. The maximum Gasteiger partial charge on any atom is 0.387 e. The number of aliphatic imine (C=N–C) groups is 1. The molecule has 170 valence electrons. The molecule has 11 heteroatoms. The summed E-state index contributed by atoms with van der Waals surface area (Å²) in [6.45, 7) is -1.66. The molecule has 8 nitrogen and oxygen atoms in total. The number of methoxy groups -OCH3 is 1. The highest BCUT2D eigenvalue weighted by Gasteiger charge is 2.14. The van der Waals surface area contributed by atoms with Gasteiger partial charge in [-0.1, -0.05) is 0 Å². The summed E-state index contributed by atoms with van der Waals surface area (Å²) in [5.74, 6) is 3.09. The average Bonchev–Trinajstić information content (AvgIpc) is 3.21. The minimum Gasteiger partial charge on any atom is -0.497 e. The molecule has 0 saturated heterocycles. The van der Waals surface area contributed by atoms with Crippen molar-refractivity contribution in [3.63, 3.8) is 0 Å². The number of benzene rings is 2. The van der Waals surface area contributed by atoms with Gasteiger partial charge in [-0.05, 0) is 30.3 Å². The van der Waals surface area contributed by atoms with Crippen molar-refractivity contribution in [3.05, 3.63) is 42.0 Å². The number of ether oxygens (including phenoxy) is 5. The van der Waals surface area contributed by atoms with E-state index in [9.17, 15) is 8.78 Å². The summed E-state index contributed by atoms with van der Waals surface area (Å²) >= 11 is 0. The SMILES string of the molecule is CN=C(NCCOc1ccc2c(c1)OCO2)NCc1cc(OC)ccc1OC(F)F.I. The maximum absolute atomic E-state index is 12.6. The molecule has 0 aliphatic carbocycles. The summed E-state index contributed by atoms with van der Waals surface area (Å²) < 4.78 is 51.2. The van der Waals surface area contributed by atoms with Crippen molar-refractivity contribution in [2.45, 2.75) is 13.2 Å². The van der Waals surface area contributed by atoms with Crippen molar-refractivity contribution >= 4 is 29.9 Å². The minimum absolute atomic E-state index is 0. The van der Waals surface area contributed by atoms with E-state index >= 15 is 0 Å². The van der Waals surface area contributed by atoms with E-state index in [0.717, 1.165) is 0 Å². The normalized spacial score (nSPS) is 12.2. The van der Waals surface area contributed by atoms with E-state index in [1.165, 1.54) is 13.2 Å². The molecule has 0 unspecified atom stereocenters. The number of fused-ring (bicyclic) bond motifs is 1. The molecule has 3 rings (SSSR count). The second-order valence-electron chi connectivity index (χ2n) is 6.07. The van der Waals surface area contributed by atoms with E-state index in [1.54, 1.807) is 37.4 Å². The number of guanidine groups is 1. The number of alkyl halides is 2. The first-order valence-corrected chi connectivity index (χ1v) is 9.17. The van der Waals surface area contributed by atoms with Crippen LogP contribution in [-0.2, 0) is 6.54 Å². The Balaban J connectivity index is 0.00000341. The van der Waals surface area contributed by atoms with Crippen LogP contribution in [0.4, 0.5) is 8.78 Å². The van der Waals surface area contributed by atoms with Crippen molar-refractivity contribution < 1.29 is 32.5 Å². The van der Waals surface area contributed by atoms with Crippen LogP contribution in [0.2, 0.25) is 0 Å². The second kappa shape index (κ2) is 12.2. The standard InChI is InChI=1S/C20H23F2N3O5.HI/c1-23-20(24-7-8-27-15-4-6-17-18(10-15)29-12-28-17)25-11-13-9-14(26-2)3-5-16(13)30-19(21)22;/h3-6,9-10,19H,7-8,11-12H2,1-2H3,(H2,23,24,25);1H. The van der Waals surface area contributed by atoms with Crippen LogP contribution in [-0.4, -0.2) is 46.7 Å². The zero-order chi connectivity index (χ0) is 21.3. The van der Waals surface area contributed by atoms with Crippen LogP contribution in [0, 0.1) is 0 Å². The third-order valence-electron chi connectivity index (χ3n) is 4.16. The van der Waals surface area contributed by atoms with Gasteiger partial charge < -0.3 is 34.3 Å². The molecule has 1 heterocycles. The number of hydrogen-bond donors (Lipinski definition) is 2. The molecular weight excluding hydrogens is 527 g/mol. The molecule has 0 aromatic heterocycles. The molecule has 0 atom stereocenters. The first-order valence-electron chi connectivity index (χ1n) is 9.17. The lowest BCUT2D eigenvalue weighted by atomic mass is 10.2. The Morgan fingerprint density at radius 2 is 1.87 bits per heavy atom. The summed E-state index contributed by atoms with van der Waals surface area (Å²) in [4.78, 5) is 4.11. The summed E-state index contributed by atoms with van der Waals surface area (Å²) in [5.41, 5.74) is 0.509. The van der Waals surface area contributed by atoms with Crippen molar-refractivity contribution in [1.29, 1.82) is 0 Å². The van der Waals surface area contributed by atoms with Gasteiger partial charge in [0.2, 0.25) is 6.79 Å². The average molecular weight is 551 g/mol. The Hall–Kier alpha value is -2.70. The topological polar surface area (TPSA) is 82.6 Å². The van der Waals surface area contributed by atoms with E-state index in [4.69, 9.17) is 18.9 Å². The Kier molecular flexibility index (Phi) is 9.69. The molecule has 1 aliphatic heterocycles. The van der Waals surface area contributed by atoms with E-state index in [0.29, 0.717) is 47.7 Å². The lowest BCUT2D eigenvalue weighted by molar-refractivity contribution is -0.0505. The summed E-state index contributed by atoms with van der Waals surface area (Å²) in [6.07, 6.45) is 0. The fourth-order valence-corrected chi connectivity index (χ4v) is 2.74. The van der Waals surface area contributed by atoms with Crippen LogP contribution >= 0.6 is 24.0 Å². The van der Waals surface area contributed by atoms with E-state index in [1.807, 2.05) is 0 Å². The molecular formula is C20H24F2IN3O5. The molecule has 0 bridgehead atoms. The smallest absolute Gasteiger partial charge is 0.387 e. The molecule has 1 aliphatic rings. The number of hydrogen-bond acceptors (Lipinski definition) is 6.